The van der Waals surface area contributed by atoms with Crippen LogP contribution < -0.4 is 40.0 Å². The van der Waals surface area contributed by atoms with Gasteiger partial charge in [0.05, 0.1) is 12.0 Å². The molecule has 7 heteroatoms. The number of carboxylic acids is 1. The van der Waals surface area contributed by atoms with Crippen molar-refractivity contribution in [3.8, 4) is 0 Å². The SMILES string of the molecule is O=C(N[C@@H](CSc1ccccc1)C(=O)[O-])OCc1ccccc1.[Na+]. The molecule has 0 aliphatic rings. The first-order chi connectivity index (χ1) is 11.1. The third kappa shape index (κ3) is 7.40. The maximum atomic E-state index is 11.7. The van der Waals surface area contributed by atoms with Gasteiger partial charge in [0.25, 0.3) is 0 Å². The van der Waals surface area contributed by atoms with Crippen LogP contribution in [0.1, 0.15) is 5.56 Å². The smallest absolute Gasteiger partial charge is 0.548 e. The van der Waals surface area contributed by atoms with Gasteiger partial charge >= 0.3 is 35.7 Å². The average Bonchev–Trinajstić information content (AvgIpc) is 2.58. The molecule has 5 nitrogen and oxygen atoms in total. The zero-order chi connectivity index (χ0) is 16.5. The fourth-order valence-corrected chi connectivity index (χ4v) is 2.70. The van der Waals surface area contributed by atoms with Crippen LogP contribution in [0.15, 0.2) is 65.6 Å². The summed E-state index contributed by atoms with van der Waals surface area (Å²) in [5.74, 6) is -1.18. The van der Waals surface area contributed by atoms with Crippen molar-refractivity contribution in [3.63, 3.8) is 0 Å². The van der Waals surface area contributed by atoms with Crippen molar-refractivity contribution in [1.29, 1.82) is 0 Å². The van der Waals surface area contributed by atoms with E-state index in [1.54, 1.807) is 0 Å². The largest absolute Gasteiger partial charge is 1.00 e. The molecular formula is C17H16NNaO4S. The summed E-state index contributed by atoms with van der Waals surface area (Å²) in [6.07, 6.45) is -0.781. The molecule has 0 unspecified atom stereocenters. The molecule has 0 radical (unpaired) electrons. The molecule has 2 rings (SSSR count). The Hall–Kier alpha value is -1.47. The summed E-state index contributed by atoms with van der Waals surface area (Å²) in [6.45, 7) is 0.0816. The van der Waals surface area contributed by atoms with Gasteiger partial charge in [-0.1, -0.05) is 48.5 Å². The van der Waals surface area contributed by atoms with E-state index in [-0.39, 0.29) is 41.9 Å². The number of rotatable bonds is 7. The maximum absolute atomic E-state index is 11.7. The Labute approximate surface area is 167 Å². The van der Waals surface area contributed by atoms with Crippen molar-refractivity contribution in [1.82, 2.24) is 5.32 Å². The number of carboxylic acid groups (broad SMARTS) is 1. The van der Waals surface area contributed by atoms with E-state index >= 15 is 0 Å². The molecule has 2 aromatic carbocycles. The Bertz CT molecular complexity index is 640. The molecule has 0 aromatic heterocycles. The van der Waals surface area contributed by atoms with E-state index in [0.717, 1.165) is 10.5 Å². The molecule has 1 amide bonds. The average molecular weight is 353 g/mol. The molecule has 2 aromatic rings. The minimum Gasteiger partial charge on any atom is -0.548 e. The number of alkyl carbamates (subject to hydrolysis) is 1. The van der Waals surface area contributed by atoms with Crippen LogP contribution in [0.25, 0.3) is 0 Å². The minimum atomic E-state index is -1.34. The molecule has 0 saturated heterocycles. The van der Waals surface area contributed by atoms with Gasteiger partial charge in [-0.3, -0.25) is 0 Å². The topological polar surface area (TPSA) is 78.5 Å². The maximum Gasteiger partial charge on any atom is 1.00 e. The van der Waals surface area contributed by atoms with Gasteiger partial charge in [0.2, 0.25) is 0 Å². The summed E-state index contributed by atoms with van der Waals surface area (Å²) in [5.41, 5.74) is 0.825. The first-order valence-electron chi connectivity index (χ1n) is 7.01. The van der Waals surface area contributed by atoms with E-state index in [9.17, 15) is 14.7 Å². The van der Waals surface area contributed by atoms with E-state index < -0.39 is 18.1 Å². The van der Waals surface area contributed by atoms with E-state index in [1.165, 1.54) is 11.8 Å². The van der Waals surface area contributed by atoms with E-state index in [1.807, 2.05) is 60.7 Å². The predicted molar refractivity (Wildman–Crippen MR) is 85.7 cm³/mol. The van der Waals surface area contributed by atoms with Crippen molar-refractivity contribution < 1.29 is 49.0 Å². The van der Waals surface area contributed by atoms with Gasteiger partial charge in [-0.15, -0.1) is 11.8 Å². The number of nitrogens with one attached hydrogen (secondary N) is 1. The van der Waals surface area contributed by atoms with Crippen LogP contribution in [0, 0.1) is 0 Å². The number of thioether (sulfide) groups is 1. The number of carbonyl (C=O) groups is 2. The molecule has 0 heterocycles. The number of carbonyl (C=O) groups excluding carboxylic acids is 2. The van der Waals surface area contributed by atoms with Gasteiger partial charge in [0, 0.05) is 10.6 Å². The number of benzene rings is 2. The molecule has 0 saturated carbocycles. The first-order valence-corrected chi connectivity index (χ1v) is 7.99. The molecule has 0 fully saturated rings. The number of hydrogen-bond donors (Lipinski definition) is 1. The zero-order valence-corrected chi connectivity index (χ0v) is 16.1. The number of hydrogen-bond acceptors (Lipinski definition) is 5. The first kappa shape index (κ1) is 20.6. The molecule has 0 aliphatic heterocycles. The fraction of sp³-hybridized carbons (Fsp3) is 0.176. The van der Waals surface area contributed by atoms with Crippen molar-refractivity contribution in [3.05, 3.63) is 66.2 Å². The Morgan fingerprint density at radius 1 is 1.04 bits per heavy atom. The third-order valence-electron chi connectivity index (χ3n) is 2.95. The van der Waals surface area contributed by atoms with Crippen LogP contribution in [-0.4, -0.2) is 23.9 Å². The van der Waals surface area contributed by atoms with E-state index in [2.05, 4.69) is 5.32 Å². The Morgan fingerprint density at radius 2 is 1.62 bits per heavy atom. The van der Waals surface area contributed by atoms with Crippen LogP contribution >= 0.6 is 11.8 Å². The third-order valence-corrected chi connectivity index (χ3v) is 4.05. The van der Waals surface area contributed by atoms with Gasteiger partial charge in [0.15, 0.2) is 0 Å². The standard InChI is InChI=1S/C17H17NO4S.Na/c19-16(20)15(12-23-14-9-5-2-6-10-14)18-17(21)22-11-13-7-3-1-4-8-13;/h1-10,15H,11-12H2,(H,18,21)(H,19,20);/q;+1/p-1/t15-;/m0./s1. The van der Waals surface area contributed by atoms with Gasteiger partial charge in [-0.05, 0) is 17.7 Å². The molecule has 1 N–H and O–H groups in total. The molecule has 0 spiro atoms. The van der Waals surface area contributed by atoms with E-state index in [4.69, 9.17) is 4.74 Å². The number of ether oxygens (including phenoxy) is 1. The predicted octanol–water partition coefficient (Wildman–Crippen LogP) is -1.17. The Balaban J connectivity index is 0.00000288. The van der Waals surface area contributed by atoms with Crippen LogP contribution in [0.5, 0.6) is 0 Å². The van der Waals surface area contributed by atoms with Crippen LogP contribution in [0.4, 0.5) is 4.79 Å². The molecular weight excluding hydrogens is 337 g/mol. The summed E-state index contributed by atoms with van der Waals surface area (Å²) >= 11 is 1.32. The van der Waals surface area contributed by atoms with Gasteiger partial charge in [-0.25, -0.2) is 4.79 Å². The summed E-state index contributed by atoms with van der Waals surface area (Å²) in [4.78, 5) is 23.8. The summed E-state index contributed by atoms with van der Waals surface area (Å²) in [6, 6.07) is 17.3. The van der Waals surface area contributed by atoms with Gasteiger partial charge in [0.1, 0.15) is 6.61 Å². The van der Waals surface area contributed by atoms with Crippen molar-refractivity contribution in [2.24, 2.45) is 0 Å². The molecule has 120 valence electrons. The van der Waals surface area contributed by atoms with Crippen LogP contribution in [-0.2, 0) is 16.1 Å². The second kappa shape index (κ2) is 11.1. The van der Waals surface area contributed by atoms with Crippen molar-refractivity contribution in [2.75, 3.05) is 5.75 Å². The molecule has 0 aliphatic carbocycles. The quantitative estimate of drug-likeness (QED) is 0.501. The summed E-state index contributed by atoms with van der Waals surface area (Å²) < 4.78 is 5.01. The van der Waals surface area contributed by atoms with Gasteiger partial charge in [-0.2, -0.15) is 0 Å². The Morgan fingerprint density at radius 3 is 2.21 bits per heavy atom. The van der Waals surface area contributed by atoms with Crippen molar-refractivity contribution >= 4 is 23.8 Å². The fourth-order valence-electron chi connectivity index (χ4n) is 1.77. The van der Waals surface area contributed by atoms with Crippen LogP contribution in [0.3, 0.4) is 0 Å². The second-order valence-corrected chi connectivity index (χ2v) is 5.80. The minimum absolute atomic E-state index is 0. The normalized spacial score (nSPS) is 11.0. The van der Waals surface area contributed by atoms with Crippen LogP contribution in [0.2, 0.25) is 0 Å². The molecule has 1 atom stereocenters. The summed E-state index contributed by atoms with van der Waals surface area (Å²) in [5, 5.41) is 13.4. The number of amides is 1. The Kier molecular flexibility index (Phi) is 9.56. The van der Waals surface area contributed by atoms with E-state index in [0.29, 0.717) is 0 Å². The molecule has 0 bridgehead atoms. The van der Waals surface area contributed by atoms with Gasteiger partial charge < -0.3 is 20.0 Å². The number of aliphatic carboxylic acids is 1. The van der Waals surface area contributed by atoms with Crippen molar-refractivity contribution in [2.45, 2.75) is 17.5 Å². The second-order valence-electron chi connectivity index (χ2n) is 4.70. The summed E-state index contributed by atoms with van der Waals surface area (Å²) in [7, 11) is 0. The monoisotopic (exact) mass is 353 g/mol. The zero-order valence-electron chi connectivity index (χ0n) is 13.3. The molecule has 24 heavy (non-hydrogen) atoms.